The van der Waals surface area contributed by atoms with E-state index in [9.17, 15) is 4.79 Å². The molecule has 4 heteroatoms. The summed E-state index contributed by atoms with van der Waals surface area (Å²) in [6.45, 7) is 0. The fourth-order valence-corrected chi connectivity index (χ4v) is 1.80. The van der Waals surface area contributed by atoms with E-state index in [1.807, 2.05) is 72.8 Å². The summed E-state index contributed by atoms with van der Waals surface area (Å²) in [6, 6.07) is 25.4. The summed E-state index contributed by atoms with van der Waals surface area (Å²) in [6.07, 6.45) is 0. The minimum absolute atomic E-state index is 0. The number of hydrogen-bond donors (Lipinski definition) is 2. The Morgan fingerprint density at radius 3 is 2.05 bits per heavy atom. The second-order valence-corrected chi connectivity index (χ2v) is 4.19. The van der Waals surface area contributed by atoms with E-state index in [-0.39, 0.29) is 23.0 Å². The molecule has 3 aromatic rings. The van der Waals surface area contributed by atoms with Gasteiger partial charge >= 0.3 is 0 Å². The molecule has 0 aliphatic rings. The molecule has 3 aromatic carbocycles. The fraction of sp³-hybridized carbons (Fsp3) is 0. The number of hydrazine groups is 1. The Bertz CT molecular complexity index is 613. The van der Waals surface area contributed by atoms with Crippen molar-refractivity contribution in [2.75, 3.05) is 0 Å². The normalized spacial score (nSPS) is 9.00. The van der Waals surface area contributed by atoms with E-state index in [1.165, 1.54) is 0 Å². The van der Waals surface area contributed by atoms with Gasteiger partial charge in [0.2, 0.25) is 5.91 Å². The summed E-state index contributed by atoms with van der Waals surface area (Å²) >= 11 is 0. The van der Waals surface area contributed by atoms with Crippen LogP contribution in [0.15, 0.2) is 78.9 Å². The molecule has 0 saturated heterocycles. The van der Waals surface area contributed by atoms with Gasteiger partial charge in [0, 0.05) is 17.1 Å². The van der Waals surface area contributed by atoms with Crippen LogP contribution in [-0.2, 0) is 17.1 Å². The molecule has 0 atom stereocenters. The van der Waals surface area contributed by atoms with E-state index in [4.69, 9.17) is 5.84 Å². The van der Waals surface area contributed by atoms with Gasteiger partial charge in [0.15, 0.2) is 0 Å². The molecule has 0 heterocycles. The molecule has 3 nitrogen and oxygen atoms in total. The SMILES string of the molecule is NNC(=O)[c-]1ccc(-c2ccccc2)c1.[Fe].[cH-]1[cH-][cH-][cH-][cH-]1. The van der Waals surface area contributed by atoms with Crippen LogP contribution in [0.5, 0.6) is 0 Å². The molecule has 114 valence electrons. The average molecular weight is 320 g/mol. The van der Waals surface area contributed by atoms with Crippen molar-refractivity contribution in [3.8, 4) is 11.1 Å². The first kappa shape index (κ1) is 16.9. The summed E-state index contributed by atoms with van der Waals surface area (Å²) in [5, 5.41) is 0. The van der Waals surface area contributed by atoms with Crippen LogP contribution >= 0.6 is 0 Å². The number of amides is 1. The zero-order valence-electron chi connectivity index (χ0n) is 11.3. The molecular formula is C17H16FeN2O-6. The van der Waals surface area contributed by atoms with E-state index < -0.39 is 0 Å². The van der Waals surface area contributed by atoms with Crippen molar-refractivity contribution >= 4 is 5.91 Å². The van der Waals surface area contributed by atoms with E-state index in [0.717, 1.165) is 11.1 Å². The Hall–Kier alpha value is -2.13. The molecule has 3 rings (SSSR count). The smallest absolute Gasteiger partial charge is 0.209 e. The van der Waals surface area contributed by atoms with Gasteiger partial charge in [-0.1, -0.05) is 41.5 Å². The molecule has 3 N–H and O–H groups in total. The minimum atomic E-state index is -0.266. The van der Waals surface area contributed by atoms with E-state index in [0.29, 0.717) is 5.56 Å². The van der Waals surface area contributed by atoms with Crippen LogP contribution in [0.4, 0.5) is 0 Å². The number of hydrogen-bond acceptors (Lipinski definition) is 2. The first-order chi connectivity index (χ1) is 9.81. The largest absolute Gasteiger partial charge is 0.748 e. The second kappa shape index (κ2) is 8.93. The van der Waals surface area contributed by atoms with Gasteiger partial charge in [0.25, 0.3) is 0 Å². The Morgan fingerprint density at radius 1 is 0.952 bits per heavy atom. The fourth-order valence-electron chi connectivity index (χ4n) is 1.80. The predicted molar refractivity (Wildman–Crippen MR) is 81.2 cm³/mol. The Labute approximate surface area is 135 Å². The molecule has 0 bridgehead atoms. The third-order valence-electron chi connectivity index (χ3n) is 2.81. The van der Waals surface area contributed by atoms with Crippen LogP contribution in [0.1, 0.15) is 10.4 Å². The number of carbonyl (C=O) groups excluding carboxylic acids is 1. The van der Waals surface area contributed by atoms with Gasteiger partial charge in [-0.2, -0.15) is 17.7 Å². The van der Waals surface area contributed by atoms with Crippen molar-refractivity contribution in [1.29, 1.82) is 0 Å². The molecule has 0 aliphatic heterocycles. The number of nitrogens with two attached hydrogens (primary N) is 1. The van der Waals surface area contributed by atoms with Crippen LogP contribution in [0.3, 0.4) is 0 Å². The van der Waals surface area contributed by atoms with Crippen LogP contribution in [0.25, 0.3) is 11.1 Å². The van der Waals surface area contributed by atoms with E-state index in [1.54, 1.807) is 6.07 Å². The maximum Gasteiger partial charge on any atom is 0.209 e. The summed E-state index contributed by atoms with van der Waals surface area (Å²) in [5.41, 5.74) is 4.80. The molecular weight excluding hydrogens is 304 g/mol. The van der Waals surface area contributed by atoms with Gasteiger partial charge in [-0.3, -0.25) is 4.79 Å². The van der Waals surface area contributed by atoms with Crippen molar-refractivity contribution in [2.45, 2.75) is 0 Å². The molecule has 0 unspecified atom stereocenters. The summed E-state index contributed by atoms with van der Waals surface area (Å²) in [5.74, 6) is 4.79. The van der Waals surface area contributed by atoms with Crippen molar-refractivity contribution < 1.29 is 21.9 Å². The van der Waals surface area contributed by atoms with Gasteiger partial charge < -0.3 is 35.8 Å². The molecule has 0 fully saturated rings. The van der Waals surface area contributed by atoms with Gasteiger partial charge in [-0.25, -0.2) is 11.9 Å². The zero-order chi connectivity index (χ0) is 14.2. The molecule has 0 radical (unpaired) electrons. The Morgan fingerprint density at radius 2 is 1.52 bits per heavy atom. The van der Waals surface area contributed by atoms with Crippen LogP contribution in [0.2, 0.25) is 0 Å². The third kappa shape index (κ3) is 5.04. The van der Waals surface area contributed by atoms with E-state index in [2.05, 4.69) is 5.43 Å². The molecule has 0 saturated carbocycles. The van der Waals surface area contributed by atoms with Crippen LogP contribution in [-0.4, -0.2) is 5.91 Å². The molecule has 21 heavy (non-hydrogen) atoms. The average Bonchev–Trinajstić information content (AvgIpc) is 3.21. The number of benzene rings is 1. The Kier molecular flexibility index (Phi) is 7.19. The number of rotatable bonds is 2. The van der Waals surface area contributed by atoms with Gasteiger partial charge in [-0.05, 0) is 0 Å². The van der Waals surface area contributed by atoms with Gasteiger partial charge in [0.05, 0.1) is 0 Å². The van der Waals surface area contributed by atoms with Crippen molar-refractivity contribution in [3.05, 3.63) is 84.4 Å². The van der Waals surface area contributed by atoms with Crippen molar-refractivity contribution in [1.82, 2.24) is 5.43 Å². The van der Waals surface area contributed by atoms with E-state index >= 15 is 0 Å². The van der Waals surface area contributed by atoms with Crippen molar-refractivity contribution in [3.63, 3.8) is 0 Å². The number of carbonyl (C=O) groups is 1. The first-order valence-corrected chi connectivity index (χ1v) is 6.31. The summed E-state index contributed by atoms with van der Waals surface area (Å²) in [4.78, 5) is 11.2. The van der Waals surface area contributed by atoms with Gasteiger partial charge in [-0.15, -0.1) is 0 Å². The minimum Gasteiger partial charge on any atom is -0.748 e. The first-order valence-electron chi connectivity index (χ1n) is 6.31. The zero-order valence-corrected chi connectivity index (χ0v) is 12.4. The summed E-state index contributed by atoms with van der Waals surface area (Å²) < 4.78 is 0. The molecule has 0 spiro atoms. The number of nitrogen functional groups attached to an aromatic ring is 1. The standard InChI is InChI=1S/C12H11N2O.C5H5.Fe/c13-14-12(15)11-7-6-10(8-11)9-4-2-1-3-5-9;1-2-4-5-3-1;/h1-8H,13H2,(H,14,15);1-5H;/q-1;-5;. The third-order valence-corrected chi connectivity index (χ3v) is 2.81. The monoisotopic (exact) mass is 320 g/mol. The molecule has 0 aliphatic carbocycles. The van der Waals surface area contributed by atoms with Gasteiger partial charge in [0.1, 0.15) is 0 Å². The molecule has 1 amide bonds. The Balaban J connectivity index is 0.000000313. The second-order valence-electron chi connectivity index (χ2n) is 4.19. The topological polar surface area (TPSA) is 55.1 Å². The predicted octanol–water partition coefficient (Wildman–Crippen LogP) is 3.08. The van der Waals surface area contributed by atoms with Crippen LogP contribution in [0, 0.1) is 0 Å². The quantitative estimate of drug-likeness (QED) is 0.251. The number of nitrogens with one attached hydrogen (secondary N) is 1. The van der Waals surface area contributed by atoms with Crippen molar-refractivity contribution in [2.24, 2.45) is 5.84 Å². The maximum absolute atomic E-state index is 11.2. The maximum atomic E-state index is 11.2. The van der Waals surface area contributed by atoms with Crippen LogP contribution < -0.4 is 11.3 Å². The molecule has 0 aromatic heterocycles. The summed E-state index contributed by atoms with van der Waals surface area (Å²) in [7, 11) is 0.